The SMILES string of the molecule is CC1CCCN(C(N)=NCC(C)(C)N2CCCCC2)C1.I. The number of likely N-dealkylation sites (tertiary alicyclic amines) is 2. The molecular weight excluding hydrogens is 375 g/mol. The van der Waals surface area contributed by atoms with Gasteiger partial charge in [-0.3, -0.25) is 9.89 Å². The number of nitrogens with zero attached hydrogens (tertiary/aromatic N) is 3. The highest BCUT2D eigenvalue weighted by atomic mass is 127. The summed E-state index contributed by atoms with van der Waals surface area (Å²) in [6, 6.07) is 0. The molecule has 5 heteroatoms. The number of nitrogens with two attached hydrogens (primary N) is 1. The summed E-state index contributed by atoms with van der Waals surface area (Å²) in [6.07, 6.45) is 6.60. The minimum Gasteiger partial charge on any atom is -0.370 e. The molecule has 2 aliphatic rings. The summed E-state index contributed by atoms with van der Waals surface area (Å²) in [7, 11) is 0. The van der Waals surface area contributed by atoms with Gasteiger partial charge in [-0.25, -0.2) is 0 Å². The molecule has 0 bridgehead atoms. The Morgan fingerprint density at radius 2 is 1.81 bits per heavy atom. The Morgan fingerprint density at radius 3 is 2.43 bits per heavy atom. The van der Waals surface area contributed by atoms with Gasteiger partial charge in [0.05, 0.1) is 6.54 Å². The standard InChI is InChI=1S/C16H32N4.HI/c1-14-8-7-9-19(12-14)15(17)18-13-16(2,3)20-10-5-4-6-11-20;/h14H,4-13H2,1-3H3,(H2,17,18);1H. The van der Waals surface area contributed by atoms with Crippen LogP contribution in [0.25, 0.3) is 0 Å². The zero-order chi connectivity index (χ0) is 14.6. The first-order valence-corrected chi connectivity index (χ1v) is 8.29. The van der Waals surface area contributed by atoms with E-state index in [2.05, 4.69) is 30.6 Å². The quantitative estimate of drug-likeness (QED) is 0.444. The van der Waals surface area contributed by atoms with E-state index < -0.39 is 0 Å². The molecule has 4 nitrogen and oxygen atoms in total. The van der Waals surface area contributed by atoms with E-state index in [1.54, 1.807) is 0 Å². The van der Waals surface area contributed by atoms with Crippen molar-refractivity contribution < 1.29 is 0 Å². The third-order valence-corrected chi connectivity index (χ3v) is 4.82. The van der Waals surface area contributed by atoms with Gasteiger partial charge in [0, 0.05) is 18.6 Å². The third kappa shape index (κ3) is 5.58. The van der Waals surface area contributed by atoms with E-state index in [0.29, 0.717) is 0 Å². The molecule has 0 aliphatic carbocycles. The second-order valence-corrected chi connectivity index (χ2v) is 7.23. The Morgan fingerprint density at radius 1 is 1.14 bits per heavy atom. The van der Waals surface area contributed by atoms with Crippen LogP contribution >= 0.6 is 24.0 Å². The van der Waals surface area contributed by atoms with Crippen molar-refractivity contribution in [3.8, 4) is 0 Å². The van der Waals surface area contributed by atoms with Gasteiger partial charge in [0.15, 0.2) is 5.96 Å². The topological polar surface area (TPSA) is 44.9 Å². The van der Waals surface area contributed by atoms with E-state index in [1.807, 2.05) is 0 Å². The Kier molecular flexibility index (Phi) is 7.74. The van der Waals surface area contributed by atoms with Gasteiger partial charge in [-0.1, -0.05) is 13.3 Å². The number of hydrogen-bond donors (Lipinski definition) is 1. The molecule has 124 valence electrons. The van der Waals surface area contributed by atoms with E-state index >= 15 is 0 Å². The molecule has 2 rings (SSSR count). The second kappa shape index (κ2) is 8.56. The molecule has 0 saturated carbocycles. The van der Waals surface area contributed by atoms with Crippen molar-refractivity contribution in [1.82, 2.24) is 9.80 Å². The van der Waals surface area contributed by atoms with Crippen molar-refractivity contribution in [2.45, 2.75) is 58.4 Å². The Balaban J connectivity index is 0.00000220. The summed E-state index contributed by atoms with van der Waals surface area (Å²) < 4.78 is 0. The average Bonchev–Trinajstić information content (AvgIpc) is 2.46. The third-order valence-electron chi connectivity index (χ3n) is 4.82. The Bertz CT molecular complexity index is 337. The molecule has 2 saturated heterocycles. The molecular formula is C16H33IN4. The van der Waals surface area contributed by atoms with E-state index in [9.17, 15) is 0 Å². The van der Waals surface area contributed by atoms with Crippen LogP contribution in [-0.4, -0.2) is 54.0 Å². The highest BCUT2D eigenvalue weighted by Gasteiger charge is 2.28. The van der Waals surface area contributed by atoms with Crippen molar-refractivity contribution in [1.29, 1.82) is 0 Å². The number of guanidine groups is 1. The van der Waals surface area contributed by atoms with E-state index in [0.717, 1.165) is 31.5 Å². The first-order chi connectivity index (χ1) is 9.49. The molecule has 2 fully saturated rings. The lowest BCUT2D eigenvalue weighted by molar-refractivity contribution is 0.102. The maximum atomic E-state index is 6.20. The molecule has 0 aromatic heterocycles. The molecule has 0 radical (unpaired) electrons. The van der Waals surface area contributed by atoms with Gasteiger partial charge >= 0.3 is 0 Å². The van der Waals surface area contributed by atoms with Gasteiger partial charge in [0.1, 0.15) is 0 Å². The largest absolute Gasteiger partial charge is 0.370 e. The van der Waals surface area contributed by atoms with Gasteiger partial charge in [-0.05, 0) is 58.5 Å². The molecule has 2 heterocycles. The van der Waals surface area contributed by atoms with Gasteiger partial charge in [0.2, 0.25) is 0 Å². The first-order valence-electron chi connectivity index (χ1n) is 8.29. The molecule has 21 heavy (non-hydrogen) atoms. The van der Waals surface area contributed by atoms with Gasteiger partial charge in [-0.2, -0.15) is 0 Å². The fraction of sp³-hybridized carbons (Fsp3) is 0.938. The summed E-state index contributed by atoms with van der Waals surface area (Å²) in [5.74, 6) is 1.49. The summed E-state index contributed by atoms with van der Waals surface area (Å²) >= 11 is 0. The lowest BCUT2D eigenvalue weighted by Gasteiger charge is -2.40. The molecule has 0 spiro atoms. The molecule has 2 aliphatic heterocycles. The summed E-state index contributed by atoms with van der Waals surface area (Å²) in [6.45, 7) is 12.3. The van der Waals surface area contributed by atoms with E-state index in [4.69, 9.17) is 10.7 Å². The highest BCUT2D eigenvalue weighted by Crippen LogP contribution is 2.21. The van der Waals surface area contributed by atoms with Crippen molar-refractivity contribution in [3.63, 3.8) is 0 Å². The fourth-order valence-electron chi connectivity index (χ4n) is 3.37. The zero-order valence-electron chi connectivity index (χ0n) is 14.0. The van der Waals surface area contributed by atoms with Crippen molar-refractivity contribution >= 4 is 29.9 Å². The predicted molar refractivity (Wildman–Crippen MR) is 101 cm³/mol. The van der Waals surface area contributed by atoms with Crippen LogP contribution in [0.5, 0.6) is 0 Å². The molecule has 0 aromatic carbocycles. The summed E-state index contributed by atoms with van der Waals surface area (Å²) in [5, 5.41) is 0. The van der Waals surface area contributed by atoms with Crippen LogP contribution in [0.3, 0.4) is 0 Å². The van der Waals surface area contributed by atoms with Crippen LogP contribution in [0.4, 0.5) is 0 Å². The van der Waals surface area contributed by atoms with E-state index in [-0.39, 0.29) is 29.5 Å². The average molecular weight is 408 g/mol. The van der Waals surface area contributed by atoms with Crippen molar-refractivity contribution in [2.75, 3.05) is 32.7 Å². The van der Waals surface area contributed by atoms with Gasteiger partial charge in [-0.15, -0.1) is 24.0 Å². The number of rotatable bonds is 3. The second-order valence-electron chi connectivity index (χ2n) is 7.23. The van der Waals surface area contributed by atoms with Crippen LogP contribution in [0.15, 0.2) is 4.99 Å². The monoisotopic (exact) mass is 408 g/mol. The van der Waals surface area contributed by atoms with Gasteiger partial charge in [0.25, 0.3) is 0 Å². The maximum Gasteiger partial charge on any atom is 0.191 e. The molecule has 1 unspecified atom stereocenters. The summed E-state index contributed by atoms with van der Waals surface area (Å²) in [5.41, 5.74) is 6.34. The summed E-state index contributed by atoms with van der Waals surface area (Å²) in [4.78, 5) is 9.55. The van der Waals surface area contributed by atoms with Crippen LogP contribution in [0, 0.1) is 5.92 Å². The maximum absolute atomic E-state index is 6.20. The minimum absolute atomic E-state index is 0. The van der Waals surface area contributed by atoms with Gasteiger partial charge < -0.3 is 10.6 Å². The first kappa shape index (κ1) is 19.0. The minimum atomic E-state index is 0. The molecule has 1 atom stereocenters. The molecule has 0 aromatic rings. The number of piperidine rings is 2. The smallest absolute Gasteiger partial charge is 0.191 e. The lowest BCUT2D eigenvalue weighted by Crippen LogP contribution is -2.50. The highest BCUT2D eigenvalue weighted by molar-refractivity contribution is 14.0. The number of halogens is 1. The number of aliphatic imine (C=N–C) groups is 1. The lowest BCUT2D eigenvalue weighted by atomic mass is 9.98. The molecule has 0 amide bonds. The predicted octanol–water partition coefficient (Wildman–Crippen LogP) is 2.92. The van der Waals surface area contributed by atoms with E-state index in [1.165, 1.54) is 45.2 Å². The molecule has 2 N–H and O–H groups in total. The van der Waals surface area contributed by atoms with Crippen LogP contribution in [-0.2, 0) is 0 Å². The normalized spacial score (nSPS) is 25.6. The van der Waals surface area contributed by atoms with Crippen molar-refractivity contribution in [3.05, 3.63) is 0 Å². The van der Waals surface area contributed by atoms with Crippen LogP contribution in [0.1, 0.15) is 52.9 Å². The zero-order valence-corrected chi connectivity index (χ0v) is 16.3. The Labute approximate surface area is 147 Å². The number of hydrogen-bond acceptors (Lipinski definition) is 2. The van der Waals surface area contributed by atoms with Crippen LogP contribution < -0.4 is 5.73 Å². The van der Waals surface area contributed by atoms with Crippen LogP contribution in [0.2, 0.25) is 0 Å². The Hall–Kier alpha value is -0.0400. The van der Waals surface area contributed by atoms with Crippen molar-refractivity contribution in [2.24, 2.45) is 16.6 Å². The fourth-order valence-corrected chi connectivity index (χ4v) is 3.37.